The van der Waals surface area contributed by atoms with E-state index in [0.717, 1.165) is 0 Å². The minimum atomic E-state index is -1.34. The van der Waals surface area contributed by atoms with Crippen molar-refractivity contribution in [3.05, 3.63) is 11.5 Å². The largest absolute Gasteiger partial charge is 0.475 e. The zero-order valence-corrected chi connectivity index (χ0v) is 8.97. The summed E-state index contributed by atoms with van der Waals surface area (Å²) in [6, 6.07) is 0. The van der Waals surface area contributed by atoms with E-state index in [1.807, 2.05) is 0 Å². The van der Waals surface area contributed by atoms with Gasteiger partial charge in [0, 0.05) is 26.2 Å². The van der Waals surface area contributed by atoms with Crippen LogP contribution in [0.25, 0.3) is 0 Å². The first-order chi connectivity index (χ1) is 8.11. The number of piperazine rings is 1. The Bertz CT molecular complexity index is 450. The molecule has 2 rings (SSSR count). The number of carboxylic acids is 1. The van der Waals surface area contributed by atoms with Gasteiger partial charge in [0.2, 0.25) is 0 Å². The molecule has 1 aromatic rings. The lowest BCUT2D eigenvalue weighted by Crippen LogP contribution is -2.46. The number of amides is 1. The van der Waals surface area contributed by atoms with Crippen LogP contribution in [-0.2, 0) is 0 Å². The maximum absolute atomic E-state index is 12.0. The molecule has 0 saturated carbocycles. The smallest absolute Gasteiger partial charge is 0.376 e. The van der Waals surface area contributed by atoms with E-state index < -0.39 is 17.6 Å². The fourth-order valence-electron chi connectivity index (χ4n) is 1.62. The highest BCUT2D eigenvalue weighted by Gasteiger charge is 2.27. The van der Waals surface area contributed by atoms with Crippen molar-refractivity contribution in [2.45, 2.75) is 0 Å². The number of nitrogens with two attached hydrogens (primary N) is 1. The molecule has 1 fully saturated rings. The van der Waals surface area contributed by atoms with Gasteiger partial charge in [0.25, 0.3) is 11.7 Å². The maximum Gasteiger partial charge on any atom is 0.376 e. The molecule has 92 valence electrons. The van der Waals surface area contributed by atoms with E-state index in [1.165, 1.54) is 0 Å². The summed E-state index contributed by atoms with van der Waals surface area (Å²) in [7, 11) is 0. The van der Waals surface area contributed by atoms with Gasteiger partial charge in [-0.25, -0.2) is 4.79 Å². The summed E-state index contributed by atoms with van der Waals surface area (Å²) in [5.41, 5.74) is 5.16. The number of carbonyl (C=O) groups excluding carboxylic acids is 1. The van der Waals surface area contributed by atoms with E-state index in [-0.39, 0.29) is 11.4 Å². The molecule has 8 heteroatoms. The number of hydrogen-bond acceptors (Lipinski definition) is 6. The van der Waals surface area contributed by atoms with Crippen molar-refractivity contribution in [2.24, 2.45) is 0 Å². The van der Waals surface area contributed by atoms with Gasteiger partial charge in [0.05, 0.1) is 0 Å². The number of carbonyl (C=O) groups is 2. The van der Waals surface area contributed by atoms with Crippen molar-refractivity contribution < 1.29 is 19.2 Å². The third kappa shape index (κ3) is 2.07. The van der Waals surface area contributed by atoms with E-state index in [9.17, 15) is 9.59 Å². The van der Waals surface area contributed by atoms with Gasteiger partial charge in [-0.2, -0.15) is 0 Å². The molecule has 4 N–H and O–H groups in total. The number of aromatic nitrogens is 1. The molecule has 8 nitrogen and oxygen atoms in total. The summed E-state index contributed by atoms with van der Waals surface area (Å²) < 4.78 is 4.53. The molecule has 0 aliphatic carbocycles. The standard InChI is InChI=1S/C9H12N4O4/c10-5-6(12-17-7(5)9(15)16)8(14)13-3-1-11-2-4-13/h11H,1-4,10H2,(H,15,16). The zero-order chi connectivity index (χ0) is 12.4. The van der Waals surface area contributed by atoms with Crippen LogP contribution >= 0.6 is 0 Å². The van der Waals surface area contributed by atoms with Crippen molar-refractivity contribution in [1.82, 2.24) is 15.4 Å². The molecule has 0 aromatic carbocycles. The molecule has 1 aromatic heterocycles. The van der Waals surface area contributed by atoms with Crippen LogP contribution in [0, 0.1) is 0 Å². The Morgan fingerprint density at radius 3 is 2.59 bits per heavy atom. The normalized spacial score (nSPS) is 15.9. The van der Waals surface area contributed by atoms with Gasteiger partial charge in [-0.15, -0.1) is 0 Å². The van der Waals surface area contributed by atoms with Crippen molar-refractivity contribution in [1.29, 1.82) is 0 Å². The van der Waals surface area contributed by atoms with Gasteiger partial charge in [-0.3, -0.25) is 4.79 Å². The number of nitrogen functional groups attached to an aromatic ring is 1. The van der Waals surface area contributed by atoms with Gasteiger partial charge in [-0.1, -0.05) is 5.16 Å². The molecule has 1 saturated heterocycles. The average Bonchev–Trinajstić information content (AvgIpc) is 2.71. The van der Waals surface area contributed by atoms with Crippen LogP contribution in [0.3, 0.4) is 0 Å². The molecular weight excluding hydrogens is 228 g/mol. The lowest BCUT2D eigenvalue weighted by Gasteiger charge is -2.26. The third-order valence-corrected chi connectivity index (χ3v) is 2.53. The first-order valence-electron chi connectivity index (χ1n) is 5.09. The van der Waals surface area contributed by atoms with Gasteiger partial charge in [0.15, 0.2) is 5.69 Å². The summed E-state index contributed by atoms with van der Waals surface area (Å²) >= 11 is 0. The van der Waals surface area contributed by atoms with E-state index >= 15 is 0 Å². The molecule has 0 atom stereocenters. The van der Waals surface area contributed by atoms with Crippen molar-refractivity contribution in [3.63, 3.8) is 0 Å². The van der Waals surface area contributed by atoms with E-state index in [2.05, 4.69) is 15.0 Å². The Labute approximate surface area is 96.3 Å². The van der Waals surface area contributed by atoms with Crippen LogP contribution in [-0.4, -0.2) is 53.2 Å². The van der Waals surface area contributed by atoms with Gasteiger partial charge >= 0.3 is 5.97 Å². The van der Waals surface area contributed by atoms with E-state index in [1.54, 1.807) is 4.90 Å². The fourth-order valence-corrected chi connectivity index (χ4v) is 1.62. The zero-order valence-electron chi connectivity index (χ0n) is 8.97. The first kappa shape index (κ1) is 11.4. The second kappa shape index (κ2) is 4.42. The minimum absolute atomic E-state index is 0.135. The highest BCUT2D eigenvalue weighted by Crippen LogP contribution is 2.18. The first-order valence-corrected chi connectivity index (χ1v) is 5.09. The summed E-state index contributed by atoms with van der Waals surface area (Å²) in [5.74, 6) is -2.24. The van der Waals surface area contributed by atoms with E-state index in [0.29, 0.717) is 26.2 Å². The molecule has 0 unspecified atom stereocenters. The number of rotatable bonds is 2. The van der Waals surface area contributed by atoms with Crippen LogP contribution in [0.5, 0.6) is 0 Å². The number of anilines is 1. The highest BCUT2D eigenvalue weighted by atomic mass is 16.5. The highest BCUT2D eigenvalue weighted by molar-refractivity contribution is 6.02. The van der Waals surface area contributed by atoms with Crippen LogP contribution in [0.2, 0.25) is 0 Å². The summed E-state index contributed by atoms with van der Waals surface area (Å²) in [6.45, 7) is 2.45. The second-order valence-corrected chi connectivity index (χ2v) is 3.62. The predicted octanol–water partition coefficient (Wildman–Crippen LogP) is -1.000. The number of hydrogen-bond donors (Lipinski definition) is 3. The van der Waals surface area contributed by atoms with Crippen molar-refractivity contribution in [3.8, 4) is 0 Å². The van der Waals surface area contributed by atoms with E-state index in [4.69, 9.17) is 10.8 Å². The molecule has 0 radical (unpaired) electrons. The summed E-state index contributed by atoms with van der Waals surface area (Å²) in [4.78, 5) is 24.2. The number of carboxylic acid groups (broad SMARTS) is 1. The molecule has 2 heterocycles. The number of aromatic carboxylic acids is 1. The second-order valence-electron chi connectivity index (χ2n) is 3.62. The average molecular weight is 240 g/mol. The van der Waals surface area contributed by atoms with Crippen LogP contribution in [0.4, 0.5) is 5.69 Å². The lowest BCUT2D eigenvalue weighted by molar-refractivity contribution is 0.0648. The molecule has 1 aliphatic heterocycles. The summed E-state index contributed by atoms with van der Waals surface area (Å²) in [6.07, 6.45) is 0. The fraction of sp³-hybridized carbons (Fsp3) is 0.444. The quantitative estimate of drug-likeness (QED) is 0.606. The molecular formula is C9H12N4O4. The molecule has 0 spiro atoms. The minimum Gasteiger partial charge on any atom is -0.475 e. The Morgan fingerprint density at radius 1 is 1.41 bits per heavy atom. The SMILES string of the molecule is Nc1c(C(=O)N2CCNCC2)noc1C(=O)O. The molecule has 0 bridgehead atoms. The van der Waals surface area contributed by atoms with Gasteiger partial charge < -0.3 is 25.6 Å². The Hall–Kier alpha value is -2.09. The Morgan fingerprint density at radius 2 is 2.06 bits per heavy atom. The van der Waals surface area contributed by atoms with Crippen molar-refractivity contribution >= 4 is 17.6 Å². The van der Waals surface area contributed by atoms with Gasteiger partial charge in [-0.05, 0) is 0 Å². The Balaban J connectivity index is 2.21. The number of nitrogens with zero attached hydrogens (tertiary/aromatic N) is 2. The van der Waals surface area contributed by atoms with Crippen LogP contribution in [0.1, 0.15) is 21.0 Å². The molecule has 17 heavy (non-hydrogen) atoms. The topological polar surface area (TPSA) is 122 Å². The predicted molar refractivity (Wildman–Crippen MR) is 56.6 cm³/mol. The molecule has 1 amide bonds. The monoisotopic (exact) mass is 240 g/mol. The third-order valence-electron chi connectivity index (χ3n) is 2.53. The lowest BCUT2D eigenvalue weighted by atomic mass is 10.2. The van der Waals surface area contributed by atoms with Crippen molar-refractivity contribution in [2.75, 3.05) is 31.9 Å². The summed E-state index contributed by atoms with van der Waals surface area (Å²) in [5, 5.41) is 15.2. The van der Waals surface area contributed by atoms with Gasteiger partial charge in [0.1, 0.15) is 5.69 Å². The van der Waals surface area contributed by atoms with Crippen LogP contribution < -0.4 is 11.1 Å². The molecule has 1 aliphatic rings. The van der Waals surface area contributed by atoms with Crippen LogP contribution in [0.15, 0.2) is 4.52 Å². The number of nitrogens with one attached hydrogen (secondary N) is 1. The Kier molecular flexibility index (Phi) is 2.96. The maximum atomic E-state index is 12.0.